The molecule has 4 aromatic heterocycles. The Balaban J connectivity index is 0.935. The van der Waals surface area contributed by atoms with Crippen molar-refractivity contribution in [3.05, 3.63) is 230 Å². The number of para-hydroxylation sites is 2. The van der Waals surface area contributed by atoms with Crippen LogP contribution in [0, 0.1) is 5.82 Å². The van der Waals surface area contributed by atoms with Gasteiger partial charge in [0.25, 0.3) is 0 Å². The Kier molecular flexibility index (Phi) is 9.50. The van der Waals surface area contributed by atoms with Crippen LogP contribution in [0.2, 0.25) is 0 Å². The first-order chi connectivity index (χ1) is 34.1. The Morgan fingerprint density at radius 2 is 0.609 bits per heavy atom. The summed E-state index contributed by atoms with van der Waals surface area (Å²) < 4.78 is 21.3. The van der Waals surface area contributed by atoms with Crippen LogP contribution in [-0.4, -0.2) is 39.0 Å². The quantitative estimate of drug-likeness (QED) is 0.151. The van der Waals surface area contributed by atoms with E-state index >= 15 is 4.39 Å². The zero-order valence-electron chi connectivity index (χ0n) is 36.8. The number of fused-ring (bicyclic) bond motifs is 7. The molecule has 324 valence electrons. The van der Waals surface area contributed by atoms with Crippen molar-refractivity contribution < 1.29 is 4.39 Å². The third-order valence-corrected chi connectivity index (χ3v) is 12.7. The van der Waals surface area contributed by atoms with Crippen molar-refractivity contribution >= 4 is 43.6 Å². The average molecular weight is 889 g/mol. The third kappa shape index (κ3) is 6.91. The maximum Gasteiger partial charge on any atom is 0.167 e. The van der Waals surface area contributed by atoms with E-state index in [-0.39, 0.29) is 11.4 Å². The van der Waals surface area contributed by atoms with Gasteiger partial charge in [0, 0.05) is 60.7 Å². The van der Waals surface area contributed by atoms with E-state index in [2.05, 4.69) is 88.0 Å². The number of hydrogen-bond donors (Lipinski definition) is 0. The number of hydrogen-bond acceptors (Lipinski definition) is 6. The third-order valence-electron chi connectivity index (χ3n) is 12.7. The van der Waals surface area contributed by atoms with Crippen LogP contribution in [0.4, 0.5) is 4.39 Å². The standard InChI is InChI=1S/C60H37FN8/c61-48-37-44(33-34-45(48)60-66-57(40-21-9-3-10-22-40)65-58(67-60)41-23-11-4-12-24-41)69-50-28-16-14-26-47(50)54-52(69)36-35-51-53(54)46-25-13-15-27-49(46)68(51)43-31-29-42(30-32-43)59-63-55(38-17-5-1-6-18-38)62-56(64-59)39-19-7-2-8-20-39/h1-37H. The normalized spacial score (nSPS) is 11.6. The lowest BCUT2D eigenvalue weighted by Gasteiger charge is -2.12. The van der Waals surface area contributed by atoms with E-state index in [0.717, 1.165) is 77.1 Å². The van der Waals surface area contributed by atoms with Gasteiger partial charge in [0.2, 0.25) is 0 Å². The molecule has 9 heteroatoms. The van der Waals surface area contributed by atoms with E-state index < -0.39 is 5.82 Å². The summed E-state index contributed by atoms with van der Waals surface area (Å²) in [4.78, 5) is 29.3. The van der Waals surface area contributed by atoms with Crippen molar-refractivity contribution in [2.24, 2.45) is 0 Å². The van der Waals surface area contributed by atoms with Gasteiger partial charge in [-0.25, -0.2) is 34.3 Å². The Hall–Kier alpha value is -9.47. The Labute approximate surface area is 395 Å². The lowest BCUT2D eigenvalue weighted by Crippen LogP contribution is -2.02. The molecule has 4 heterocycles. The summed E-state index contributed by atoms with van der Waals surface area (Å²) in [7, 11) is 0. The fourth-order valence-corrected chi connectivity index (χ4v) is 9.53. The molecule has 8 nitrogen and oxygen atoms in total. The lowest BCUT2D eigenvalue weighted by atomic mass is 10.1. The molecule has 9 aromatic carbocycles. The SMILES string of the molecule is Fc1cc(-n2c3ccccc3c3c4c5ccccc5n(-c5ccc(-c6nc(-c7ccccc7)nc(-c7ccccc7)n6)cc5)c4ccc32)ccc1-c1nc(-c2ccccc2)nc(-c2ccccc2)n1. The van der Waals surface area contributed by atoms with Gasteiger partial charge in [0.05, 0.1) is 27.6 Å². The van der Waals surface area contributed by atoms with Gasteiger partial charge >= 0.3 is 0 Å². The van der Waals surface area contributed by atoms with Gasteiger partial charge in [-0.05, 0) is 66.7 Å². The molecule has 0 bridgehead atoms. The maximum absolute atomic E-state index is 16.9. The summed E-state index contributed by atoms with van der Waals surface area (Å²) >= 11 is 0. The van der Waals surface area contributed by atoms with Crippen LogP contribution in [0.1, 0.15) is 0 Å². The molecule has 0 saturated heterocycles. The minimum Gasteiger partial charge on any atom is -0.309 e. The predicted octanol–water partition coefficient (Wildman–Crippen LogP) is 14.4. The van der Waals surface area contributed by atoms with Crippen LogP contribution >= 0.6 is 0 Å². The number of rotatable bonds is 8. The van der Waals surface area contributed by atoms with E-state index in [0.29, 0.717) is 34.8 Å². The first-order valence-electron chi connectivity index (χ1n) is 22.7. The van der Waals surface area contributed by atoms with Gasteiger partial charge < -0.3 is 9.13 Å². The highest BCUT2D eigenvalue weighted by molar-refractivity contribution is 6.28. The van der Waals surface area contributed by atoms with Crippen molar-refractivity contribution in [1.82, 2.24) is 39.0 Å². The van der Waals surface area contributed by atoms with Gasteiger partial charge in [-0.3, -0.25) is 0 Å². The van der Waals surface area contributed by atoms with Crippen molar-refractivity contribution in [2.45, 2.75) is 0 Å². The largest absolute Gasteiger partial charge is 0.309 e. The van der Waals surface area contributed by atoms with Crippen molar-refractivity contribution in [1.29, 1.82) is 0 Å². The highest BCUT2D eigenvalue weighted by Crippen LogP contribution is 2.43. The maximum atomic E-state index is 16.9. The van der Waals surface area contributed by atoms with Crippen molar-refractivity contribution in [2.75, 3.05) is 0 Å². The van der Waals surface area contributed by atoms with Crippen molar-refractivity contribution in [3.63, 3.8) is 0 Å². The molecule has 69 heavy (non-hydrogen) atoms. The Bertz CT molecular complexity index is 3940. The highest BCUT2D eigenvalue weighted by atomic mass is 19.1. The van der Waals surface area contributed by atoms with Gasteiger partial charge in [-0.1, -0.05) is 158 Å². The molecule has 0 unspecified atom stereocenters. The molecule has 0 aliphatic heterocycles. The molecule has 0 N–H and O–H groups in total. The second-order valence-electron chi connectivity index (χ2n) is 16.8. The number of nitrogens with zero attached hydrogens (tertiary/aromatic N) is 8. The predicted molar refractivity (Wildman–Crippen MR) is 274 cm³/mol. The smallest absolute Gasteiger partial charge is 0.167 e. The minimum atomic E-state index is -0.437. The molecule has 0 amide bonds. The van der Waals surface area contributed by atoms with Gasteiger partial charge in [-0.2, -0.15) is 0 Å². The van der Waals surface area contributed by atoms with Gasteiger partial charge in [0.15, 0.2) is 34.9 Å². The summed E-state index contributed by atoms with van der Waals surface area (Å²) in [6.07, 6.45) is 0. The molecule has 0 atom stereocenters. The van der Waals surface area contributed by atoms with Gasteiger partial charge in [0.1, 0.15) is 5.82 Å². The Morgan fingerprint density at radius 1 is 0.275 bits per heavy atom. The minimum absolute atomic E-state index is 0.263. The van der Waals surface area contributed by atoms with E-state index in [4.69, 9.17) is 29.9 Å². The molecule has 0 fully saturated rings. The molecule has 0 aliphatic carbocycles. The molecular weight excluding hydrogens is 852 g/mol. The van der Waals surface area contributed by atoms with E-state index in [1.165, 1.54) is 0 Å². The fraction of sp³-hybridized carbons (Fsp3) is 0. The number of halogens is 1. The Morgan fingerprint density at radius 3 is 1.01 bits per heavy atom. The van der Waals surface area contributed by atoms with Crippen molar-refractivity contribution in [3.8, 4) is 79.7 Å². The average Bonchev–Trinajstić information content (AvgIpc) is 3.94. The highest BCUT2D eigenvalue weighted by Gasteiger charge is 2.22. The zero-order chi connectivity index (χ0) is 45.8. The van der Waals surface area contributed by atoms with Crippen LogP contribution in [0.5, 0.6) is 0 Å². The summed E-state index contributed by atoms with van der Waals surface area (Å²) in [6, 6.07) is 74.4. The monoisotopic (exact) mass is 888 g/mol. The van der Waals surface area contributed by atoms with E-state index in [1.807, 2.05) is 133 Å². The van der Waals surface area contributed by atoms with Crippen LogP contribution in [0.15, 0.2) is 224 Å². The molecule has 0 spiro atoms. The second-order valence-corrected chi connectivity index (χ2v) is 16.8. The van der Waals surface area contributed by atoms with Crippen LogP contribution in [0.3, 0.4) is 0 Å². The molecule has 13 aromatic rings. The topological polar surface area (TPSA) is 87.2 Å². The first kappa shape index (κ1) is 39.9. The van der Waals surface area contributed by atoms with Crippen LogP contribution in [0.25, 0.3) is 123 Å². The molecule has 0 saturated carbocycles. The molecular formula is C60H37FN8. The zero-order valence-corrected chi connectivity index (χ0v) is 36.8. The van der Waals surface area contributed by atoms with Gasteiger partial charge in [-0.15, -0.1) is 0 Å². The number of aromatic nitrogens is 8. The van der Waals surface area contributed by atoms with Crippen LogP contribution in [-0.2, 0) is 0 Å². The second kappa shape index (κ2) is 16.4. The van der Waals surface area contributed by atoms with E-state index in [1.54, 1.807) is 12.1 Å². The number of benzene rings is 9. The van der Waals surface area contributed by atoms with E-state index in [9.17, 15) is 0 Å². The molecule has 13 rings (SSSR count). The molecule has 0 aliphatic rings. The summed E-state index contributed by atoms with van der Waals surface area (Å²) in [6.45, 7) is 0. The lowest BCUT2D eigenvalue weighted by molar-refractivity contribution is 0.629. The molecule has 0 radical (unpaired) electrons. The fourth-order valence-electron chi connectivity index (χ4n) is 9.53. The summed E-state index contributed by atoms with van der Waals surface area (Å²) in [5.74, 6) is 2.60. The van der Waals surface area contributed by atoms with Crippen LogP contribution < -0.4 is 0 Å². The first-order valence-corrected chi connectivity index (χ1v) is 22.7. The summed E-state index contributed by atoms with van der Waals surface area (Å²) in [5, 5.41) is 4.38. The summed E-state index contributed by atoms with van der Waals surface area (Å²) in [5.41, 5.74) is 10.4.